The quantitative estimate of drug-likeness (QED) is 0.509. The first kappa shape index (κ1) is 16.7. The Bertz CT molecular complexity index is 324. The number of ether oxygens (including phenoxy) is 1. The lowest BCUT2D eigenvalue weighted by atomic mass is 9.93. The van der Waals surface area contributed by atoms with Crippen molar-refractivity contribution in [2.24, 2.45) is 0 Å². The normalized spacial score (nSPS) is 23.9. The summed E-state index contributed by atoms with van der Waals surface area (Å²) in [6, 6.07) is -1.77. The number of aliphatic carboxylic acids is 1. The summed E-state index contributed by atoms with van der Waals surface area (Å²) in [5.41, 5.74) is 0. The molecule has 0 aliphatic heterocycles. The van der Waals surface area contributed by atoms with Crippen molar-refractivity contribution < 1.29 is 24.5 Å². The SMILES string of the molecule is COCCCC(NC(=O)NC1CCCCC1O)C(=O)O. The molecule has 1 rings (SSSR count). The third-order valence-electron chi connectivity index (χ3n) is 3.49. The summed E-state index contributed by atoms with van der Waals surface area (Å²) in [5, 5.41) is 23.9. The first-order chi connectivity index (χ1) is 9.54. The molecule has 3 atom stereocenters. The third kappa shape index (κ3) is 5.75. The zero-order valence-electron chi connectivity index (χ0n) is 11.8. The molecule has 3 unspecified atom stereocenters. The zero-order valence-corrected chi connectivity index (χ0v) is 11.8. The second kappa shape index (κ2) is 8.76. The number of hydrogen-bond donors (Lipinski definition) is 4. The third-order valence-corrected chi connectivity index (χ3v) is 3.49. The maximum atomic E-state index is 11.8. The fourth-order valence-electron chi connectivity index (χ4n) is 2.34. The largest absolute Gasteiger partial charge is 0.480 e. The van der Waals surface area contributed by atoms with Gasteiger partial charge >= 0.3 is 12.0 Å². The van der Waals surface area contributed by atoms with Crippen LogP contribution in [0.2, 0.25) is 0 Å². The Morgan fingerprint density at radius 2 is 2.05 bits per heavy atom. The molecule has 4 N–H and O–H groups in total. The molecule has 1 aliphatic rings. The molecule has 7 heteroatoms. The second-order valence-electron chi connectivity index (χ2n) is 5.10. The second-order valence-corrected chi connectivity index (χ2v) is 5.10. The first-order valence-corrected chi connectivity index (χ1v) is 7.01. The molecule has 0 radical (unpaired) electrons. The van der Waals surface area contributed by atoms with Crippen LogP contribution in [0.1, 0.15) is 38.5 Å². The predicted molar refractivity (Wildman–Crippen MR) is 72.5 cm³/mol. The Kier molecular flexibility index (Phi) is 7.32. The van der Waals surface area contributed by atoms with E-state index in [1.807, 2.05) is 0 Å². The minimum Gasteiger partial charge on any atom is -0.480 e. The van der Waals surface area contributed by atoms with E-state index in [1.165, 1.54) is 0 Å². The average molecular weight is 288 g/mol. The van der Waals surface area contributed by atoms with Crippen molar-refractivity contribution in [1.29, 1.82) is 0 Å². The molecule has 116 valence electrons. The number of hydrogen-bond acceptors (Lipinski definition) is 4. The standard InChI is InChI=1S/C13H24N2O5/c1-20-8-4-6-10(12(17)18)15-13(19)14-9-5-2-3-7-11(9)16/h9-11,16H,2-8H2,1H3,(H,17,18)(H2,14,15,19). The van der Waals surface area contributed by atoms with Gasteiger partial charge in [-0.3, -0.25) is 0 Å². The van der Waals surface area contributed by atoms with E-state index >= 15 is 0 Å². The molecule has 7 nitrogen and oxygen atoms in total. The number of methoxy groups -OCH3 is 1. The van der Waals surface area contributed by atoms with Crippen LogP contribution in [-0.2, 0) is 9.53 Å². The Morgan fingerprint density at radius 3 is 2.65 bits per heavy atom. The van der Waals surface area contributed by atoms with E-state index in [0.29, 0.717) is 25.9 Å². The van der Waals surface area contributed by atoms with Crippen LogP contribution in [0.3, 0.4) is 0 Å². The summed E-state index contributed by atoms with van der Waals surface area (Å²) >= 11 is 0. The van der Waals surface area contributed by atoms with Crippen molar-refractivity contribution in [3.8, 4) is 0 Å². The molecular formula is C13H24N2O5. The lowest BCUT2D eigenvalue weighted by molar-refractivity contribution is -0.139. The Hall–Kier alpha value is -1.34. The van der Waals surface area contributed by atoms with Crippen LogP contribution in [0.15, 0.2) is 0 Å². The van der Waals surface area contributed by atoms with Crippen LogP contribution in [0, 0.1) is 0 Å². The monoisotopic (exact) mass is 288 g/mol. The Balaban J connectivity index is 2.38. The van der Waals surface area contributed by atoms with Gasteiger partial charge in [-0.1, -0.05) is 12.8 Å². The fourth-order valence-corrected chi connectivity index (χ4v) is 2.34. The van der Waals surface area contributed by atoms with Crippen LogP contribution in [-0.4, -0.2) is 54.1 Å². The highest BCUT2D eigenvalue weighted by molar-refractivity contribution is 5.82. The van der Waals surface area contributed by atoms with Crippen LogP contribution in [0.25, 0.3) is 0 Å². The minimum atomic E-state index is -1.07. The van der Waals surface area contributed by atoms with E-state index in [2.05, 4.69) is 10.6 Å². The van der Waals surface area contributed by atoms with Gasteiger partial charge in [-0.05, 0) is 25.7 Å². The molecule has 20 heavy (non-hydrogen) atoms. The number of rotatable bonds is 7. The summed E-state index contributed by atoms with van der Waals surface area (Å²) in [5.74, 6) is -1.07. The number of carbonyl (C=O) groups is 2. The Morgan fingerprint density at radius 1 is 1.35 bits per heavy atom. The first-order valence-electron chi connectivity index (χ1n) is 7.01. The highest BCUT2D eigenvalue weighted by Crippen LogP contribution is 2.18. The van der Waals surface area contributed by atoms with Crippen molar-refractivity contribution in [2.45, 2.75) is 56.7 Å². The van der Waals surface area contributed by atoms with E-state index in [1.54, 1.807) is 7.11 Å². The van der Waals surface area contributed by atoms with Gasteiger partial charge < -0.3 is 25.6 Å². The van der Waals surface area contributed by atoms with Gasteiger partial charge in [-0.25, -0.2) is 9.59 Å². The molecule has 2 amide bonds. The highest BCUT2D eigenvalue weighted by atomic mass is 16.5. The van der Waals surface area contributed by atoms with Gasteiger partial charge in [0.15, 0.2) is 0 Å². The van der Waals surface area contributed by atoms with Gasteiger partial charge in [-0.2, -0.15) is 0 Å². The minimum absolute atomic E-state index is 0.294. The maximum absolute atomic E-state index is 11.8. The summed E-state index contributed by atoms with van der Waals surface area (Å²) in [6.07, 6.45) is 3.61. The van der Waals surface area contributed by atoms with E-state index in [-0.39, 0.29) is 6.04 Å². The zero-order chi connectivity index (χ0) is 15.0. The van der Waals surface area contributed by atoms with E-state index in [0.717, 1.165) is 19.3 Å². The van der Waals surface area contributed by atoms with Crippen LogP contribution in [0.5, 0.6) is 0 Å². The van der Waals surface area contributed by atoms with Crippen molar-refractivity contribution in [3.05, 3.63) is 0 Å². The smallest absolute Gasteiger partial charge is 0.326 e. The number of carboxylic acids is 1. The molecule has 1 aliphatic carbocycles. The lowest BCUT2D eigenvalue weighted by Crippen LogP contribution is -2.52. The van der Waals surface area contributed by atoms with Gasteiger partial charge in [0.05, 0.1) is 12.1 Å². The lowest BCUT2D eigenvalue weighted by Gasteiger charge is -2.28. The van der Waals surface area contributed by atoms with Gasteiger partial charge in [0, 0.05) is 13.7 Å². The fraction of sp³-hybridized carbons (Fsp3) is 0.846. The van der Waals surface area contributed by atoms with Crippen molar-refractivity contribution in [1.82, 2.24) is 10.6 Å². The van der Waals surface area contributed by atoms with Gasteiger partial charge in [0.25, 0.3) is 0 Å². The van der Waals surface area contributed by atoms with Crippen molar-refractivity contribution >= 4 is 12.0 Å². The molecule has 0 saturated heterocycles. The number of carboxylic acid groups (broad SMARTS) is 1. The number of urea groups is 1. The molecule has 0 aromatic carbocycles. The summed E-state index contributed by atoms with van der Waals surface area (Å²) in [4.78, 5) is 22.8. The van der Waals surface area contributed by atoms with Crippen LogP contribution >= 0.6 is 0 Å². The number of nitrogens with one attached hydrogen (secondary N) is 2. The molecule has 1 saturated carbocycles. The number of amides is 2. The number of aliphatic hydroxyl groups is 1. The molecule has 0 spiro atoms. The molecule has 0 aromatic rings. The van der Waals surface area contributed by atoms with Gasteiger partial charge in [0.2, 0.25) is 0 Å². The van der Waals surface area contributed by atoms with Crippen LogP contribution < -0.4 is 10.6 Å². The molecule has 0 aromatic heterocycles. The molecule has 0 heterocycles. The molecular weight excluding hydrogens is 264 g/mol. The highest BCUT2D eigenvalue weighted by Gasteiger charge is 2.26. The van der Waals surface area contributed by atoms with Gasteiger partial charge in [-0.15, -0.1) is 0 Å². The van der Waals surface area contributed by atoms with Crippen LogP contribution in [0.4, 0.5) is 4.79 Å². The number of carbonyl (C=O) groups excluding carboxylic acids is 1. The number of aliphatic hydroxyl groups excluding tert-OH is 1. The maximum Gasteiger partial charge on any atom is 0.326 e. The van der Waals surface area contributed by atoms with Gasteiger partial charge in [0.1, 0.15) is 6.04 Å². The van der Waals surface area contributed by atoms with Crippen molar-refractivity contribution in [3.63, 3.8) is 0 Å². The molecule has 0 bridgehead atoms. The Labute approximate surface area is 118 Å². The van der Waals surface area contributed by atoms with E-state index in [4.69, 9.17) is 9.84 Å². The van der Waals surface area contributed by atoms with E-state index < -0.39 is 24.1 Å². The average Bonchev–Trinajstić information content (AvgIpc) is 2.40. The van der Waals surface area contributed by atoms with E-state index in [9.17, 15) is 14.7 Å². The topological polar surface area (TPSA) is 108 Å². The summed E-state index contributed by atoms with van der Waals surface area (Å²) in [7, 11) is 1.54. The van der Waals surface area contributed by atoms with Crippen molar-refractivity contribution in [2.75, 3.05) is 13.7 Å². The summed E-state index contributed by atoms with van der Waals surface area (Å²) in [6.45, 7) is 0.453. The predicted octanol–water partition coefficient (Wildman–Crippen LogP) is 0.469. The molecule has 1 fully saturated rings. The summed E-state index contributed by atoms with van der Waals surface area (Å²) < 4.78 is 4.86.